The third-order valence-corrected chi connectivity index (χ3v) is 6.16. The maximum absolute atomic E-state index is 13.4. The van der Waals surface area contributed by atoms with Crippen molar-refractivity contribution in [2.45, 2.75) is 6.92 Å². The molecule has 2 aromatic heterocycles. The summed E-state index contributed by atoms with van der Waals surface area (Å²) in [7, 11) is 1.77. The Balaban J connectivity index is 2.08. The van der Waals surface area contributed by atoms with Gasteiger partial charge in [-0.05, 0) is 78.1 Å². The molecule has 2 aromatic carbocycles. The van der Waals surface area contributed by atoms with Crippen molar-refractivity contribution in [1.29, 1.82) is 5.26 Å². The highest BCUT2D eigenvalue weighted by Crippen LogP contribution is 2.17. The molecule has 0 aliphatic rings. The van der Waals surface area contributed by atoms with Crippen LogP contribution in [0, 0.1) is 26.6 Å². The average molecular weight is 541 g/mol. The van der Waals surface area contributed by atoms with Crippen molar-refractivity contribution < 1.29 is 0 Å². The van der Waals surface area contributed by atoms with E-state index in [0.29, 0.717) is 17.1 Å². The van der Waals surface area contributed by atoms with Gasteiger partial charge in [-0.1, -0.05) is 18.2 Å². The summed E-state index contributed by atoms with van der Waals surface area (Å²) in [5, 5.41) is 9.57. The molecule has 0 spiro atoms. The van der Waals surface area contributed by atoms with Crippen molar-refractivity contribution >= 4 is 34.8 Å². The van der Waals surface area contributed by atoms with Crippen LogP contribution in [0.5, 0.6) is 0 Å². The second-order valence-electron chi connectivity index (χ2n) is 6.83. The predicted molar refractivity (Wildman–Crippen MR) is 129 cm³/mol. The smallest absolute Gasteiger partial charge is 0.285 e. The molecule has 0 aliphatic heterocycles. The molecule has 0 amide bonds. The van der Waals surface area contributed by atoms with Crippen LogP contribution in [-0.4, -0.2) is 18.5 Å². The molecule has 0 saturated heterocycles. The van der Waals surface area contributed by atoms with Crippen molar-refractivity contribution in [1.82, 2.24) is 18.5 Å². The lowest BCUT2D eigenvalue weighted by Gasteiger charge is -2.12. The van der Waals surface area contributed by atoms with Crippen LogP contribution in [-0.2, 0) is 7.05 Å². The summed E-state index contributed by atoms with van der Waals surface area (Å²) in [6.45, 7) is 1.80. The Bertz CT molecular complexity index is 1520. The molecule has 7 nitrogen and oxygen atoms in total. The number of para-hydroxylation sites is 1. The van der Waals surface area contributed by atoms with Crippen LogP contribution in [0.25, 0.3) is 17.1 Å². The van der Waals surface area contributed by atoms with Gasteiger partial charge in [-0.25, -0.2) is 4.68 Å². The van der Waals surface area contributed by atoms with Crippen LogP contribution in [0.15, 0.2) is 70.4 Å². The second kappa shape index (κ2) is 8.13. The SMILES string of the molecule is Cc1c(-n2cc(C#N)c(=O)n(-c3ccc(I)cc3)c2=S)c(=O)n(-c2ccccc2)n1C. The molecule has 0 radical (unpaired) electrons. The van der Waals surface area contributed by atoms with E-state index in [2.05, 4.69) is 22.6 Å². The molecule has 0 fully saturated rings. The highest BCUT2D eigenvalue weighted by Gasteiger charge is 2.21. The van der Waals surface area contributed by atoms with E-state index in [4.69, 9.17) is 12.2 Å². The maximum atomic E-state index is 13.4. The van der Waals surface area contributed by atoms with Crippen molar-refractivity contribution in [3.05, 3.63) is 101 Å². The number of aromatic nitrogens is 4. The fourth-order valence-electron chi connectivity index (χ4n) is 3.44. The highest BCUT2D eigenvalue weighted by molar-refractivity contribution is 14.1. The molecular weight excluding hydrogens is 525 g/mol. The summed E-state index contributed by atoms with van der Waals surface area (Å²) in [6.07, 6.45) is 1.34. The molecule has 0 N–H and O–H groups in total. The average Bonchev–Trinajstić information content (AvgIpc) is 2.99. The first kappa shape index (κ1) is 21.0. The van der Waals surface area contributed by atoms with Gasteiger partial charge in [-0.2, -0.15) is 5.26 Å². The fourth-order valence-corrected chi connectivity index (χ4v) is 4.13. The van der Waals surface area contributed by atoms with Gasteiger partial charge in [-0.15, -0.1) is 0 Å². The number of benzene rings is 2. The van der Waals surface area contributed by atoms with Gasteiger partial charge in [0.2, 0.25) is 0 Å². The molecular formula is C22H16IN5O2S. The van der Waals surface area contributed by atoms with Gasteiger partial charge in [0.15, 0.2) is 4.77 Å². The maximum Gasteiger partial charge on any atom is 0.296 e. The Morgan fingerprint density at radius 1 is 0.968 bits per heavy atom. The first-order valence-electron chi connectivity index (χ1n) is 9.24. The predicted octanol–water partition coefficient (Wildman–Crippen LogP) is 3.63. The van der Waals surface area contributed by atoms with Gasteiger partial charge in [-0.3, -0.25) is 23.4 Å². The monoisotopic (exact) mass is 541 g/mol. The first-order valence-corrected chi connectivity index (χ1v) is 10.7. The second-order valence-corrected chi connectivity index (χ2v) is 8.45. The fraction of sp³-hybridized carbons (Fsp3) is 0.0909. The first-order chi connectivity index (χ1) is 14.8. The molecule has 0 unspecified atom stereocenters. The topological polar surface area (TPSA) is 77.7 Å². The zero-order valence-corrected chi connectivity index (χ0v) is 19.6. The van der Waals surface area contributed by atoms with Crippen LogP contribution < -0.4 is 11.1 Å². The van der Waals surface area contributed by atoms with Crippen LogP contribution in [0.1, 0.15) is 11.3 Å². The molecule has 0 saturated carbocycles. The van der Waals surface area contributed by atoms with Gasteiger partial charge >= 0.3 is 0 Å². The van der Waals surface area contributed by atoms with Gasteiger partial charge in [0.05, 0.1) is 17.1 Å². The number of hydrogen-bond acceptors (Lipinski definition) is 4. The summed E-state index contributed by atoms with van der Waals surface area (Å²) in [5.74, 6) is 0. The molecule has 9 heteroatoms. The molecule has 0 bridgehead atoms. The molecule has 31 heavy (non-hydrogen) atoms. The lowest BCUT2D eigenvalue weighted by atomic mass is 10.3. The van der Waals surface area contributed by atoms with E-state index >= 15 is 0 Å². The van der Waals surface area contributed by atoms with Crippen molar-refractivity contribution in [2.24, 2.45) is 7.05 Å². The Morgan fingerprint density at radius 3 is 2.23 bits per heavy atom. The zero-order valence-electron chi connectivity index (χ0n) is 16.6. The summed E-state index contributed by atoms with van der Waals surface area (Å²) in [4.78, 5) is 26.4. The Labute approximate surface area is 196 Å². The minimum absolute atomic E-state index is 0.108. The lowest BCUT2D eigenvalue weighted by molar-refractivity contribution is 0.630. The largest absolute Gasteiger partial charge is 0.296 e. The number of rotatable bonds is 3. The molecule has 4 aromatic rings. The number of halogens is 1. The standard InChI is InChI=1S/C22H16IN5O2S/c1-14-19(21(30)28(25(14)2)18-6-4-3-5-7-18)26-13-15(12-24)20(29)27(22(26)31)17-10-8-16(23)9-11-17/h3-11,13H,1-2H3. The van der Waals surface area contributed by atoms with Gasteiger partial charge < -0.3 is 0 Å². The van der Waals surface area contributed by atoms with Crippen molar-refractivity contribution in [3.8, 4) is 23.1 Å². The number of nitrogens with zero attached hydrogens (tertiary/aromatic N) is 5. The van der Waals surface area contributed by atoms with Crippen LogP contribution in [0.2, 0.25) is 0 Å². The van der Waals surface area contributed by atoms with E-state index in [-0.39, 0.29) is 21.6 Å². The van der Waals surface area contributed by atoms with Gasteiger partial charge in [0.1, 0.15) is 17.3 Å². The molecule has 0 aliphatic carbocycles. The van der Waals surface area contributed by atoms with E-state index in [1.807, 2.05) is 48.5 Å². The van der Waals surface area contributed by atoms with Crippen molar-refractivity contribution in [3.63, 3.8) is 0 Å². The third-order valence-electron chi connectivity index (χ3n) is 5.06. The molecule has 0 atom stereocenters. The quantitative estimate of drug-likeness (QED) is 0.293. The Kier molecular flexibility index (Phi) is 5.51. The number of nitriles is 1. The Morgan fingerprint density at radius 2 is 1.61 bits per heavy atom. The molecule has 4 rings (SSSR count). The summed E-state index contributed by atoms with van der Waals surface area (Å²) in [6, 6.07) is 18.4. The van der Waals surface area contributed by atoms with E-state index in [0.717, 1.165) is 3.57 Å². The van der Waals surface area contributed by atoms with Gasteiger partial charge in [0.25, 0.3) is 11.1 Å². The van der Waals surface area contributed by atoms with E-state index < -0.39 is 5.56 Å². The minimum atomic E-state index is -0.526. The van der Waals surface area contributed by atoms with Crippen LogP contribution in [0.4, 0.5) is 0 Å². The van der Waals surface area contributed by atoms with E-state index in [9.17, 15) is 14.9 Å². The summed E-state index contributed by atoms with van der Waals surface area (Å²) < 4.78 is 7.08. The van der Waals surface area contributed by atoms with E-state index in [1.54, 1.807) is 30.8 Å². The van der Waals surface area contributed by atoms with Crippen LogP contribution >= 0.6 is 34.8 Å². The lowest BCUT2D eigenvalue weighted by Crippen LogP contribution is -2.28. The minimum Gasteiger partial charge on any atom is -0.285 e. The molecule has 2 heterocycles. The van der Waals surface area contributed by atoms with Gasteiger partial charge in [0, 0.05) is 16.8 Å². The van der Waals surface area contributed by atoms with E-state index in [1.165, 1.54) is 20.0 Å². The zero-order chi connectivity index (χ0) is 22.3. The normalized spacial score (nSPS) is 10.8. The van der Waals surface area contributed by atoms with Crippen LogP contribution in [0.3, 0.4) is 0 Å². The van der Waals surface area contributed by atoms with Crippen molar-refractivity contribution in [2.75, 3.05) is 0 Å². The summed E-state index contributed by atoms with van der Waals surface area (Å²) >= 11 is 7.80. The third kappa shape index (κ3) is 3.47. The Hall–Kier alpha value is -3.23. The highest BCUT2D eigenvalue weighted by atomic mass is 127. The number of hydrogen-bond donors (Lipinski definition) is 0. The molecule has 154 valence electrons. The summed E-state index contributed by atoms with van der Waals surface area (Å²) in [5.41, 5.74) is 1.20.